The molecule has 1 aromatic carbocycles. The minimum Gasteiger partial charge on any atom is -0.381 e. The Balaban J connectivity index is 1.42. The summed E-state index contributed by atoms with van der Waals surface area (Å²) in [6.07, 6.45) is 4.95. The van der Waals surface area contributed by atoms with Crippen molar-refractivity contribution in [3.8, 4) is 0 Å². The van der Waals surface area contributed by atoms with E-state index in [0.29, 0.717) is 17.1 Å². The first-order valence-corrected chi connectivity index (χ1v) is 12.1. The molecule has 4 aromatic rings. The van der Waals surface area contributed by atoms with Gasteiger partial charge in [-0.15, -0.1) is 11.3 Å². The second-order valence-corrected chi connectivity index (χ2v) is 9.72. The fourth-order valence-corrected chi connectivity index (χ4v) is 5.73. The molecule has 0 aliphatic carbocycles. The molecule has 1 saturated heterocycles. The van der Waals surface area contributed by atoms with Crippen molar-refractivity contribution in [2.45, 2.75) is 31.7 Å². The minimum absolute atomic E-state index is 0.0306. The summed E-state index contributed by atoms with van der Waals surface area (Å²) in [5.74, 6) is 0.693. The molecule has 1 aliphatic rings. The van der Waals surface area contributed by atoms with Gasteiger partial charge >= 0.3 is 0 Å². The molecule has 34 heavy (non-hydrogen) atoms. The standard InChI is InChI=1S/C25H27N5O3S/c1-17-20-22(26-15-25(9-12-32-13-10-25)18-6-4-3-5-7-18)27-16-28-23(20)34-21(17)24(31)30(2)14-19-8-11-33-29-19/h3-8,11,16H,9-10,12-15H2,1-2H3,(H,26,27,28). The van der Waals surface area contributed by atoms with Crippen LogP contribution in [0.5, 0.6) is 0 Å². The van der Waals surface area contributed by atoms with Gasteiger partial charge in [-0.05, 0) is 30.9 Å². The van der Waals surface area contributed by atoms with Crippen LogP contribution in [-0.4, -0.2) is 52.7 Å². The first kappa shape index (κ1) is 22.5. The second-order valence-electron chi connectivity index (χ2n) is 8.72. The third-order valence-electron chi connectivity index (χ3n) is 6.59. The fourth-order valence-electron chi connectivity index (χ4n) is 4.59. The SMILES string of the molecule is Cc1c(C(=O)N(C)Cc2ccon2)sc2ncnc(NCC3(c4ccccc4)CCOCC3)c12. The molecule has 0 radical (unpaired) electrons. The zero-order valence-electron chi connectivity index (χ0n) is 19.3. The summed E-state index contributed by atoms with van der Waals surface area (Å²) in [5.41, 5.74) is 2.88. The van der Waals surface area contributed by atoms with Crippen LogP contribution in [0.4, 0.5) is 5.82 Å². The number of hydrogen-bond acceptors (Lipinski definition) is 8. The number of aryl methyl sites for hydroxylation is 1. The Morgan fingerprint density at radius 3 is 2.71 bits per heavy atom. The molecule has 0 atom stereocenters. The van der Waals surface area contributed by atoms with Crippen molar-refractivity contribution in [3.05, 3.63) is 70.7 Å². The van der Waals surface area contributed by atoms with Gasteiger partial charge in [-0.3, -0.25) is 4.79 Å². The Morgan fingerprint density at radius 1 is 1.18 bits per heavy atom. The smallest absolute Gasteiger partial charge is 0.264 e. The normalized spacial score (nSPS) is 15.4. The van der Waals surface area contributed by atoms with Crippen LogP contribution in [0.3, 0.4) is 0 Å². The lowest BCUT2D eigenvalue weighted by Gasteiger charge is -2.38. The third kappa shape index (κ3) is 4.28. The number of amides is 1. The quantitative estimate of drug-likeness (QED) is 0.421. The maximum Gasteiger partial charge on any atom is 0.264 e. The number of hydrogen-bond donors (Lipinski definition) is 1. The van der Waals surface area contributed by atoms with Crippen LogP contribution in [0.1, 0.15) is 39.3 Å². The summed E-state index contributed by atoms with van der Waals surface area (Å²) < 4.78 is 10.6. The van der Waals surface area contributed by atoms with Crippen molar-refractivity contribution in [2.75, 3.05) is 32.1 Å². The first-order valence-electron chi connectivity index (χ1n) is 11.3. The average Bonchev–Trinajstić information content (AvgIpc) is 3.51. The molecule has 0 saturated carbocycles. The molecule has 5 rings (SSSR count). The number of carbonyl (C=O) groups is 1. The molecule has 0 bridgehead atoms. The van der Waals surface area contributed by atoms with E-state index < -0.39 is 0 Å². The van der Waals surface area contributed by atoms with Gasteiger partial charge in [0.15, 0.2) is 0 Å². The van der Waals surface area contributed by atoms with E-state index in [1.807, 2.05) is 13.0 Å². The van der Waals surface area contributed by atoms with Crippen LogP contribution < -0.4 is 5.32 Å². The average molecular weight is 478 g/mol. The van der Waals surface area contributed by atoms with Gasteiger partial charge in [0, 0.05) is 38.3 Å². The van der Waals surface area contributed by atoms with E-state index in [1.165, 1.54) is 23.2 Å². The molecule has 3 aromatic heterocycles. The van der Waals surface area contributed by atoms with E-state index in [-0.39, 0.29) is 11.3 Å². The lowest BCUT2D eigenvalue weighted by molar-refractivity contribution is 0.0543. The first-order chi connectivity index (χ1) is 16.6. The van der Waals surface area contributed by atoms with Crippen molar-refractivity contribution in [1.82, 2.24) is 20.0 Å². The number of rotatable bonds is 7. The zero-order chi connectivity index (χ0) is 23.5. The van der Waals surface area contributed by atoms with Crippen molar-refractivity contribution < 1.29 is 14.1 Å². The number of fused-ring (bicyclic) bond motifs is 1. The number of carbonyl (C=O) groups excluding carboxylic acids is 1. The zero-order valence-corrected chi connectivity index (χ0v) is 20.1. The van der Waals surface area contributed by atoms with Gasteiger partial charge < -0.3 is 19.5 Å². The Labute approximate surface area is 202 Å². The van der Waals surface area contributed by atoms with Gasteiger partial charge in [-0.25, -0.2) is 9.97 Å². The molecule has 8 nitrogen and oxygen atoms in total. The molecule has 1 fully saturated rings. The highest BCUT2D eigenvalue weighted by atomic mass is 32.1. The molecule has 176 valence electrons. The van der Waals surface area contributed by atoms with Crippen molar-refractivity contribution >= 4 is 33.3 Å². The van der Waals surface area contributed by atoms with E-state index in [9.17, 15) is 4.79 Å². The van der Waals surface area contributed by atoms with Crippen molar-refractivity contribution in [2.24, 2.45) is 0 Å². The molecule has 1 amide bonds. The molecular formula is C25H27N5O3S. The summed E-state index contributed by atoms with van der Waals surface area (Å²) in [6.45, 7) is 4.55. The number of thiophene rings is 1. The summed E-state index contributed by atoms with van der Waals surface area (Å²) in [4.78, 5) is 25.3. The third-order valence-corrected chi connectivity index (χ3v) is 7.78. The topological polar surface area (TPSA) is 93.4 Å². The maximum atomic E-state index is 13.2. The van der Waals surface area contributed by atoms with Gasteiger partial charge in [0.1, 0.15) is 28.9 Å². The van der Waals surface area contributed by atoms with Crippen molar-refractivity contribution in [3.63, 3.8) is 0 Å². The maximum absolute atomic E-state index is 13.2. The van der Waals surface area contributed by atoms with Crippen LogP contribution >= 0.6 is 11.3 Å². The van der Waals surface area contributed by atoms with Crippen LogP contribution in [0, 0.1) is 6.92 Å². The molecule has 1 aliphatic heterocycles. The number of nitrogens with one attached hydrogen (secondary N) is 1. The highest BCUT2D eigenvalue weighted by Crippen LogP contribution is 2.37. The van der Waals surface area contributed by atoms with Crippen LogP contribution in [0.15, 0.2) is 53.5 Å². The Morgan fingerprint density at radius 2 is 1.97 bits per heavy atom. The van der Waals surface area contributed by atoms with Gasteiger partial charge in [0.25, 0.3) is 5.91 Å². The van der Waals surface area contributed by atoms with Gasteiger partial charge in [0.2, 0.25) is 0 Å². The highest BCUT2D eigenvalue weighted by molar-refractivity contribution is 7.20. The molecule has 4 heterocycles. The lowest BCUT2D eigenvalue weighted by Crippen LogP contribution is -2.40. The van der Waals surface area contributed by atoms with E-state index >= 15 is 0 Å². The summed E-state index contributed by atoms with van der Waals surface area (Å²) in [5, 5.41) is 8.42. The minimum atomic E-state index is -0.0698. The Bertz CT molecular complexity index is 1270. The summed E-state index contributed by atoms with van der Waals surface area (Å²) in [6, 6.07) is 12.4. The Kier molecular flexibility index (Phi) is 6.30. The number of nitrogens with zero attached hydrogens (tertiary/aromatic N) is 4. The van der Waals surface area contributed by atoms with Crippen molar-refractivity contribution in [1.29, 1.82) is 0 Å². The van der Waals surface area contributed by atoms with E-state index in [0.717, 1.165) is 54.2 Å². The van der Waals surface area contributed by atoms with Gasteiger partial charge in [0.05, 0.1) is 16.8 Å². The largest absolute Gasteiger partial charge is 0.381 e. The number of benzene rings is 1. The van der Waals surface area contributed by atoms with Gasteiger partial charge in [-0.2, -0.15) is 0 Å². The Hall–Kier alpha value is -3.30. The summed E-state index contributed by atoms with van der Waals surface area (Å²) >= 11 is 1.40. The molecular weight excluding hydrogens is 450 g/mol. The van der Waals surface area contributed by atoms with Crippen LogP contribution in [0.2, 0.25) is 0 Å². The van der Waals surface area contributed by atoms with Crippen LogP contribution in [0.25, 0.3) is 10.2 Å². The number of aromatic nitrogens is 3. The lowest BCUT2D eigenvalue weighted by atomic mass is 9.74. The predicted octanol–water partition coefficient (Wildman–Crippen LogP) is 4.42. The second kappa shape index (κ2) is 9.52. The highest BCUT2D eigenvalue weighted by Gasteiger charge is 2.34. The van der Waals surface area contributed by atoms with E-state index in [1.54, 1.807) is 24.3 Å². The monoisotopic (exact) mass is 477 g/mol. The molecule has 9 heteroatoms. The van der Waals surface area contributed by atoms with Gasteiger partial charge in [-0.1, -0.05) is 35.5 Å². The predicted molar refractivity (Wildman–Crippen MR) is 131 cm³/mol. The fraction of sp³-hybridized carbons (Fsp3) is 0.360. The molecule has 0 spiro atoms. The van der Waals surface area contributed by atoms with E-state index in [2.05, 4.69) is 44.7 Å². The van der Waals surface area contributed by atoms with Crippen LogP contribution in [-0.2, 0) is 16.7 Å². The number of anilines is 1. The molecule has 1 N–H and O–H groups in total. The number of ether oxygens (including phenoxy) is 1. The molecule has 0 unspecified atom stereocenters. The summed E-state index contributed by atoms with van der Waals surface area (Å²) in [7, 11) is 1.76. The van der Waals surface area contributed by atoms with E-state index in [4.69, 9.17) is 9.26 Å².